The van der Waals surface area contributed by atoms with Crippen molar-refractivity contribution in [2.24, 2.45) is 0 Å². The quantitative estimate of drug-likeness (QED) is 0.468. The smallest absolute Gasteiger partial charge is 0.227 e. The third-order valence-corrected chi connectivity index (χ3v) is 4.37. The van der Waals surface area contributed by atoms with Crippen molar-refractivity contribution in [3.63, 3.8) is 0 Å². The first kappa shape index (κ1) is 19.8. The Morgan fingerprint density at radius 1 is 1.13 bits per heavy atom. The Morgan fingerprint density at radius 3 is 2.65 bits per heavy atom. The van der Waals surface area contributed by atoms with Gasteiger partial charge in [-0.25, -0.2) is 24.6 Å². The van der Waals surface area contributed by atoms with Crippen LogP contribution in [0.3, 0.4) is 0 Å². The van der Waals surface area contributed by atoms with Crippen LogP contribution in [0.4, 0.5) is 17.5 Å². The number of nitrogens with zero attached hydrogens (tertiary/aromatic N) is 7. The predicted octanol–water partition coefficient (Wildman–Crippen LogP) is 2.80. The molecule has 0 fully saturated rings. The second-order valence-corrected chi connectivity index (χ2v) is 6.76. The summed E-state index contributed by atoms with van der Waals surface area (Å²) in [5.41, 5.74) is 8.40. The minimum atomic E-state index is -0.208. The van der Waals surface area contributed by atoms with Crippen molar-refractivity contribution in [2.75, 3.05) is 11.1 Å². The van der Waals surface area contributed by atoms with E-state index in [0.717, 1.165) is 16.8 Å². The van der Waals surface area contributed by atoms with Gasteiger partial charge >= 0.3 is 0 Å². The fraction of sp³-hybridized carbons (Fsp3) is 0.143. The SMILES string of the molecule is CC(Cn1cncn1)Oc1cc(-c2cnc(Nc3ccc(N)nc3)nc2)ccc1C#N. The molecule has 0 spiro atoms. The van der Waals surface area contributed by atoms with Crippen LogP contribution in [0.2, 0.25) is 0 Å². The van der Waals surface area contributed by atoms with Crippen LogP contribution in [0.25, 0.3) is 11.1 Å². The molecule has 0 amide bonds. The molecule has 3 aromatic heterocycles. The van der Waals surface area contributed by atoms with Crippen LogP contribution in [0.15, 0.2) is 61.6 Å². The molecule has 1 unspecified atom stereocenters. The van der Waals surface area contributed by atoms with E-state index in [-0.39, 0.29) is 6.10 Å². The summed E-state index contributed by atoms with van der Waals surface area (Å²) in [6.07, 6.45) is 7.89. The van der Waals surface area contributed by atoms with Gasteiger partial charge in [-0.2, -0.15) is 10.4 Å². The molecule has 0 bridgehead atoms. The van der Waals surface area contributed by atoms with Gasteiger partial charge in [-0.1, -0.05) is 6.07 Å². The van der Waals surface area contributed by atoms with E-state index in [9.17, 15) is 5.26 Å². The number of ether oxygens (including phenoxy) is 1. The van der Waals surface area contributed by atoms with Gasteiger partial charge in [0.15, 0.2) is 0 Å². The van der Waals surface area contributed by atoms with Gasteiger partial charge in [0, 0.05) is 18.0 Å². The first-order valence-corrected chi connectivity index (χ1v) is 9.45. The molecule has 1 aromatic carbocycles. The summed E-state index contributed by atoms with van der Waals surface area (Å²) < 4.78 is 7.68. The molecule has 31 heavy (non-hydrogen) atoms. The maximum absolute atomic E-state index is 9.44. The molecule has 0 saturated heterocycles. The molecule has 3 heterocycles. The minimum Gasteiger partial charge on any atom is -0.487 e. The number of hydrogen-bond donors (Lipinski definition) is 2. The summed E-state index contributed by atoms with van der Waals surface area (Å²) in [5, 5.41) is 16.6. The summed E-state index contributed by atoms with van der Waals surface area (Å²) in [5.74, 6) is 1.36. The van der Waals surface area contributed by atoms with E-state index in [1.165, 1.54) is 6.33 Å². The largest absolute Gasteiger partial charge is 0.487 e. The van der Waals surface area contributed by atoms with Gasteiger partial charge in [0.2, 0.25) is 5.95 Å². The summed E-state index contributed by atoms with van der Waals surface area (Å²) in [4.78, 5) is 16.6. The molecule has 154 valence electrons. The number of nitriles is 1. The van der Waals surface area contributed by atoms with Gasteiger partial charge in [0.25, 0.3) is 0 Å². The highest BCUT2D eigenvalue weighted by atomic mass is 16.5. The van der Waals surface area contributed by atoms with Crippen molar-refractivity contribution in [1.82, 2.24) is 29.7 Å². The van der Waals surface area contributed by atoms with Gasteiger partial charge in [0.1, 0.15) is 36.4 Å². The monoisotopic (exact) mass is 413 g/mol. The van der Waals surface area contributed by atoms with Crippen LogP contribution >= 0.6 is 0 Å². The number of pyridine rings is 1. The van der Waals surface area contributed by atoms with E-state index >= 15 is 0 Å². The maximum atomic E-state index is 9.44. The summed E-state index contributed by atoms with van der Waals surface area (Å²) in [7, 11) is 0. The molecule has 0 aliphatic carbocycles. The molecule has 4 aromatic rings. The number of nitrogen functional groups attached to an aromatic ring is 1. The highest BCUT2D eigenvalue weighted by Crippen LogP contribution is 2.28. The van der Waals surface area contributed by atoms with Crippen molar-refractivity contribution in [2.45, 2.75) is 19.6 Å². The summed E-state index contributed by atoms with van der Waals surface area (Å²) in [6, 6.07) is 11.0. The van der Waals surface area contributed by atoms with E-state index in [0.29, 0.717) is 29.6 Å². The third kappa shape index (κ3) is 4.91. The molecular formula is C21H19N9O. The normalized spacial score (nSPS) is 11.5. The molecule has 0 aliphatic heterocycles. The molecule has 1 atom stereocenters. The molecule has 4 rings (SSSR count). The molecule has 10 nitrogen and oxygen atoms in total. The second-order valence-electron chi connectivity index (χ2n) is 6.76. The van der Waals surface area contributed by atoms with Gasteiger partial charge in [-0.15, -0.1) is 0 Å². The lowest BCUT2D eigenvalue weighted by Gasteiger charge is -2.16. The molecule has 0 saturated carbocycles. The number of nitrogens with one attached hydrogen (secondary N) is 1. The van der Waals surface area contributed by atoms with Gasteiger partial charge in [-0.05, 0) is 36.8 Å². The Bertz CT molecular complexity index is 1180. The molecule has 0 radical (unpaired) electrons. The number of aromatic nitrogens is 6. The molecule has 3 N–H and O–H groups in total. The second kappa shape index (κ2) is 8.87. The lowest BCUT2D eigenvalue weighted by Crippen LogP contribution is -2.20. The number of anilines is 3. The highest BCUT2D eigenvalue weighted by Gasteiger charge is 2.12. The first-order chi connectivity index (χ1) is 15.1. The van der Waals surface area contributed by atoms with E-state index in [1.54, 1.807) is 47.8 Å². The number of nitrogens with two attached hydrogens (primary N) is 1. The molecule has 0 aliphatic rings. The van der Waals surface area contributed by atoms with Gasteiger partial charge in [0.05, 0.1) is 24.0 Å². The van der Waals surface area contributed by atoms with Crippen LogP contribution in [0, 0.1) is 11.3 Å². The van der Waals surface area contributed by atoms with Crippen molar-refractivity contribution < 1.29 is 4.74 Å². The van der Waals surface area contributed by atoms with Crippen molar-refractivity contribution in [3.8, 4) is 22.9 Å². The van der Waals surface area contributed by atoms with E-state index in [4.69, 9.17) is 10.5 Å². The van der Waals surface area contributed by atoms with Crippen LogP contribution in [0.1, 0.15) is 12.5 Å². The van der Waals surface area contributed by atoms with Crippen LogP contribution < -0.4 is 15.8 Å². The topological polar surface area (TPSA) is 140 Å². The third-order valence-electron chi connectivity index (χ3n) is 4.37. The first-order valence-electron chi connectivity index (χ1n) is 9.45. The summed E-state index contributed by atoms with van der Waals surface area (Å²) >= 11 is 0. The van der Waals surface area contributed by atoms with Crippen molar-refractivity contribution in [1.29, 1.82) is 5.26 Å². The Balaban J connectivity index is 1.50. The number of rotatable bonds is 7. The van der Waals surface area contributed by atoms with Crippen LogP contribution in [-0.2, 0) is 6.54 Å². The van der Waals surface area contributed by atoms with Gasteiger partial charge < -0.3 is 15.8 Å². The summed E-state index contributed by atoms with van der Waals surface area (Å²) in [6.45, 7) is 2.42. The average Bonchev–Trinajstić information content (AvgIpc) is 3.29. The fourth-order valence-corrected chi connectivity index (χ4v) is 2.89. The van der Waals surface area contributed by atoms with E-state index in [1.807, 2.05) is 19.1 Å². The Labute approximate surface area is 178 Å². The maximum Gasteiger partial charge on any atom is 0.227 e. The Hall–Kier alpha value is -4.52. The Morgan fingerprint density at radius 2 is 1.97 bits per heavy atom. The van der Waals surface area contributed by atoms with Crippen molar-refractivity contribution in [3.05, 3.63) is 67.1 Å². The molecular weight excluding hydrogens is 394 g/mol. The highest BCUT2D eigenvalue weighted by molar-refractivity contribution is 5.66. The predicted molar refractivity (Wildman–Crippen MR) is 114 cm³/mol. The lowest BCUT2D eigenvalue weighted by atomic mass is 10.1. The standard InChI is InChI=1S/C21H19N9O/c1-14(11-30-13-24-12-28-30)31-19-6-15(2-3-16(19)7-22)17-8-26-21(27-9-17)29-18-4-5-20(23)25-10-18/h2-6,8-10,12-14H,11H2,1H3,(H2,23,25)(H,26,27,29). The van der Waals surface area contributed by atoms with E-state index in [2.05, 4.69) is 36.4 Å². The van der Waals surface area contributed by atoms with Crippen LogP contribution in [-0.4, -0.2) is 35.8 Å². The average molecular weight is 413 g/mol. The lowest BCUT2D eigenvalue weighted by molar-refractivity contribution is 0.193. The Kier molecular flexibility index (Phi) is 5.66. The van der Waals surface area contributed by atoms with Gasteiger partial charge in [-0.3, -0.25) is 0 Å². The minimum absolute atomic E-state index is 0.208. The van der Waals surface area contributed by atoms with Crippen molar-refractivity contribution >= 4 is 17.5 Å². The zero-order valence-electron chi connectivity index (χ0n) is 16.7. The molecule has 10 heteroatoms. The fourth-order valence-electron chi connectivity index (χ4n) is 2.89. The number of hydrogen-bond acceptors (Lipinski definition) is 9. The van der Waals surface area contributed by atoms with Crippen LogP contribution in [0.5, 0.6) is 5.75 Å². The zero-order chi connectivity index (χ0) is 21.6. The van der Waals surface area contributed by atoms with E-state index < -0.39 is 0 Å². The number of benzene rings is 1. The zero-order valence-corrected chi connectivity index (χ0v) is 16.7.